The van der Waals surface area contributed by atoms with Crippen LogP contribution in [0.15, 0.2) is 66.3 Å². The van der Waals surface area contributed by atoms with E-state index in [0.717, 1.165) is 5.56 Å². The predicted molar refractivity (Wildman–Crippen MR) is 115 cm³/mol. The maximum atomic E-state index is 12.4. The van der Waals surface area contributed by atoms with Gasteiger partial charge in [-0.2, -0.15) is 0 Å². The molecule has 30 heavy (non-hydrogen) atoms. The molecular weight excluding hydrogens is 406 g/mol. The maximum Gasteiger partial charge on any atom is 0.296 e. The zero-order chi connectivity index (χ0) is 21.5. The highest BCUT2D eigenvalue weighted by Crippen LogP contribution is 2.29. The van der Waals surface area contributed by atoms with E-state index in [0.29, 0.717) is 23.3 Å². The topological polar surface area (TPSA) is 112 Å². The fraction of sp³-hybridized carbons (Fsp3) is 0.150. The smallest absolute Gasteiger partial charge is 0.296 e. The Morgan fingerprint density at radius 2 is 2.07 bits per heavy atom. The lowest BCUT2D eigenvalue weighted by Gasteiger charge is -2.09. The minimum absolute atomic E-state index is 0.00719. The van der Waals surface area contributed by atoms with E-state index in [4.69, 9.17) is 4.74 Å². The molecule has 0 spiro atoms. The third-order valence-electron chi connectivity index (χ3n) is 4.07. The summed E-state index contributed by atoms with van der Waals surface area (Å²) < 4.78 is 6.86. The van der Waals surface area contributed by atoms with Crippen LogP contribution in [0.1, 0.15) is 0 Å². The first kappa shape index (κ1) is 21.1. The highest BCUT2D eigenvalue weighted by molar-refractivity contribution is 7.99. The molecule has 0 unspecified atom stereocenters. The van der Waals surface area contributed by atoms with Crippen molar-refractivity contribution < 1.29 is 14.5 Å². The first-order chi connectivity index (χ1) is 14.5. The van der Waals surface area contributed by atoms with Gasteiger partial charge in [-0.25, -0.2) is 0 Å². The number of rotatable bonds is 9. The monoisotopic (exact) mass is 425 g/mol. The minimum atomic E-state index is -0.571. The molecule has 0 atom stereocenters. The first-order valence-electron chi connectivity index (χ1n) is 8.88. The summed E-state index contributed by atoms with van der Waals surface area (Å²) in [5, 5.41) is 22.8. The average molecular weight is 425 g/mol. The fourth-order valence-corrected chi connectivity index (χ4v) is 3.45. The van der Waals surface area contributed by atoms with Gasteiger partial charge in [-0.05, 0) is 12.1 Å². The van der Waals surface area contributed by atoms with Gasteiger partial charge >= 0.3 is 0 Å². The van der Waals surface area contributed by atoms with Crippen LogP contribution in [0.4, 0.5) is 11.4 Å². The lowest BCUT2D eigenvalue weighted by molar-refractivity contribution is -0.384. The number of carbonyl (C=O) groups is 1. The van der Waals surface area contributed by atoms with E-state index in [-0.39, 0.29) is 17.1 Å². The van der Waals surface area contributed by atoms with Crippen LogP contribution in [0.2, 0.25) is 0 Å². The van der Waals surface area contributed by atoms with Gasteiger partial charge in [-0.1, -0.05) is 48.2 Å². The lowest BCUT2D eigenvalue weighted by atomic mass is 10.2. The number of thioether (sulfide) groups is 1. The molecule has 0 saturated carbocycles. The Balaban J connectivity index is 1.73. The third-order valence-corrected chi connectivity index (χ3v) is 5.04. The number of nitrogens with zero attached hydrogens (tertiary/aromatic N) is 4. The molecule has 0 fully saturated rings. The number of ether oxygens (including phenoxy) is 1. The van der Waals surface area contributed by atoms with E-state index in [1.54, 1.807) is 12.1 Å². The second kappa shape index (κ2) is 9.70. The fourth-order valence-electron chi connectivity index (χ4n) is 2.70. The normalized spacial score (nSPS) is 10.4. The van der Waals surface area contributed by atoms with Gasteiger partial charge in [-0.15, -0.1) is 16.8 Å². The van der Waals surface area contributed by atoms with Gasteiger partial charge in [0.1, 0.15) is 11.4 Å². The van der Waals surface area contributed by atoms with Crippen LogP contribution in [0.3, 0.4) is 0 Å². The van der Waals surface area contributed by atoms with Crippen molar-refractivity contribution in [3.63, 3.8) is 0 Å². The van der Waals surface area contributed by atoms with Crippen LogP contribution in [0.5, 0.6) is 5.75 Å². The van der Waals surface area contributed by atoms with Crippen molar-refractivity contribution in [3.05, 3.63) is 71.3 Å². The number of aromatic nitrogens is 3. The number of methoxy groups -OCH3 is 1. The van der Waals surface area contributed by atoms with E-state index < -0.39 is 10.8 Å². The molecule has 0 aliphatic carbocycles. The summed E-state index contributed by atoms with van der Waals surface area (Å²) in [6, 6.07) is 13.8. The number of amides is 1. The van der Waals surface area contributed by atoms with Crippen molar-refractivity contribution in [3.8, 4) is 17.1 Å². The molecule has 1 aromatic heterocycles. The number of anilines is 1. The Bertz CT molecular complexity index is 1070. The van der Waals surface area contributed by atoms with Crippen LogP contribution in [-0.2, 0) is 11.3 Å². The zero-order valence-corrected chi connectivity index (χ0v) is 17.0. The second-order valence-electron chi connectivity index (χ2n) is 6.05. The number of benzene rings is 2. The standard InChI is InChI=1S/C20H19N5O4S/c1-3-11-24-19(14-7-5-4-6-8-14)22-23-20(24)30-13-18(26)21-16-10-9-15(29-2)12-17(16)25(27)28/h3-10,12H,1,11,13H2,2H3,(H,21,26). The van der Waals surface area contributed by atoms with E-state index in [1.807, 2.05) is 34.9 Å². The number of allylic oxidation sites excluding steroid dienone is 1. The number of hydrogen-bond donors (Lipinski definition) is 1. The minimum Gasteiger partial charge on any atom is -0.496 e. The average Bonchev–Trinajstić information content (AvgIpc) is 3.16. The highest BCUT2D eigenvalue weighted by atomic mass is 32.2. The van der Waals surface area contributed by atoms with Gasteiger partial charge in [0.15, 0.2) is 11.0 Å². The van der Waals surface area contributed by atoms with Gasteiger partial charge in [0.05, 0.1) is 23.9 Å². The Hall–Kier alpha value is -3.66. The molecule has 0 aliphatic heterocycles. The summed E-state index contributed by atoms with van der Waals surface area (Å²) in [5.41, 5.74) is 0.759. The number of carbonyl (C=O) groups excluding carboxylic acids is 1. The lowest BCUT2D eigenvalue weighted by Crippen LogP contribution is -2.15. The van der Waals surface area contributed by atoms with E-state index in [1.165, 1.54) is 31.0 Å². The van der Waals surface area contributed by atoms with Crippen molar-refractivity contribution in [2.75, 3.05) is 18.2 Å². The molecule has 0 saturated heterocycles. The number of nitro benzene ring substituents is 1. The van der Waals surface area contributed by atoms with E-state index >= 15 is 0 Å². The first-order valence-corrected chi connectivity index (χ1v) is 9.86. The largest absolute Gasteiger partial charge is 0.496 e. The molecule has 1 N–H and O–H groups in total. The Labute approximate surface area is 176 Å². The molecule has 0 bridgehead atoms. The van der Waals surface area contributed by atoms with Crippen LogP contribution >= 0.6 is 11.8 Å². The maximum absolute atomic E-state index is 12.4. The van der Waals surface area contributed by atoms with Crippen molar-refractivity contribution in [1.82, 2.24) is 14.8 Å². The molecule has 3 rings (SSSR count). The quantitative estimate of drug-likeness (QED) is 0.240. The summed E-state index contributed by atoms with van der Waals surface area (Å²) in [6.07, 6.45) is 1.72. The molecule has 0 aliphatic rings. The SMILES string of the molecule is C=CCn1c(SCC(=O)Nc2ccc(OC)cc2[N+](=O)[O-])nnc1-c1ccccc1. The molecule has 0 radical (unpaired) electrons. The molecule has 3 aromatic rings. The summed E-state index contributed by atoms with van der Waals surface area (Å²) in [7, 11) is 1.41. The molecule has 9 nitrogen and oxygen atoms in total. The molecule has 154 valence electrons. The number of nitro groups is 1. The zero-order valence-electron chi connectivity index (χ0n) is 16.1. The summed E-state index contributed by atoms with van der Waals surface area (Å²) >= 11 is 1.19. The Morgan fingerprint density at radius 1 is 1.30 bits per heavy atom. The molecule has 1 amide bonds. The number of hydrogen-bond acceptors (Lipinski definition) is 7. The number of nitrogens with one attached hydrogen (secondary N) is 1. The molecule has 2 aromatic carbocycles. The van der Waals surface area contributed by atoms with Crippen molar-refractivity contribution in [2.24, 2.45) is 0 Å². The second-order valence-corrected chi connectivity index (χ2v) is 6.99. The van der Waals surface area contributed by atoms with Crippen LogP contribution in [-0.4, -0.2) is 38.5 Å². The van der Waals surface area contributed by atoms with E-state index in [9.17, 15) is 14.9 Å². The Kier molecular flexibility index (Phi) is 6.81. The van der Waals surface area contributed by atoms with Crippen molar-refractivity contribution in [2.45, 2.75) is 11.7 Å². The van der Waals surface area contributed by atoms with E-state index in [2.05, 4.69) is 22.1 Å². The van der Waals surface area contributed by atoms with Crippen molar-refractivity contribution >= 4 is 29.0 Å². The van der Waals surface area contributed by atoms with Gasteiger partial charge in [-0.3, -0.25) is 19.5 Å². The summed E-state index contributed by atoms with van der Waals surface area (Å²) in [4.78, 5) is 23.1. The third kappa shape index (κ3) is 4.84. The van der Waals surface area contributed by atoms with Gasteiger partial charge in [0.2, 0.25) is 5.91 Å². The summed E-state index contributed by atoms with van der Waals surface area (Å²) in [6.45, 7) is 4.24. The summed E-state index contributed by atoms with van der Waals surface area (Å²) in [5.74, 6) is 0.611. The molecular formula is C20H19N5O4S. The van der Waals surface area contributed by atoms with Crippen LogP contribution in [0.25, 0.3) is 11.4 Å². The van der Waals surface area contributed by atoms with Crippen LogP contribution in [0, 0.1) is 10.1 Å². The van der Waals surface area contributed by atoms with Gasteiger partial charge in [0.25, 0.3) is 5.69 Å². The van der Waals surface area contributed by atoms with Gasteiger partial charge in [0, 0.05) is 12.1 Å². The highest BCUT2D eigenvalue weighted by Gasteiger charge is 2.19. The van der Waals surface area contributed by atoms with Crippen LogP contribution < -0.4 is 10.1 Å². The van der Waals surface area contributed by atoms with Gasteiger partial charge < -0.3 is 10.1 Å². The molecule has 10 heteroatoms. The molecule has 1 heterocycles. The Morgan fingerprint density at radius 3 is 2.73 bits per heavy atom. The van der Waals surface area contributed by atoms with Crippen molar-refractivity contribution in [1.29, 1.82) is 0 Å². The predicted octanol–water partition coefficient (Wildman–Crippen LogP) is 3.78.